The third-order valence-corrected chi connectivity index (χ3v) is 3.72. The molecule has 2 N–H and O–H groups in total. The number of ether oxygens (including phenoxy) is 1. The van der Waals surface area contributed by atoms with Crippen LogP contribution in [-0.2, 0) is 5.41 Å². The van der Waals surface area contributed by atoms with Gasteiger partial charge in [0, 0.05) is 5.56 Å². The molecule has 0 saturated carbocycles. The first-order valence-electron chi connectivity index (χ1n) is 7.92. The van der Waals surface area contributed by atoms with Gasteiger partial charge in [0.15, 0.2) is 11.2 Å². The van der Waals surface area contributed by atoms with Crippen LogP contribution in [0, 0.1) is 0 Å². The summed E-state index contributed by atoms with van der Waals surface area (Å²) in [6.07, 6.45) is 1.69. The van der Waals surface area contributed by atoms with E-state index in [1.807, 2.05) is 6.92 Å². The Morgan fingerprint density at radius 3 is 2.38 bits per heavy atom. The zero-order valence-electron chi connectivity index (χ0n) is 14.4. The summed E-state index contributed by atoms with van der Waals surface area (Å²) in [5.74, 6) is 0.489. The molecule has 0 spiro atoms. The smallest absolute Gasteiger partial charge is 0.247 e. The van der Waals surface area contributed by atoms with Crippen molar-refractivity contribution in [2.24, 2.45) is 0 Å². The van der Waals surface area contributed by atoms with Crippen molar-refractivity contribution in [3.05, 3.63) is 36.0 Å². The number of rotatable bonds is 3. The number of aromatic nitrogens is 4. The predicted octanol–water partition coefficient (Wildman–Crippen LogP) is 3.37. The van der Waals surface area contributed by atoms with E-state index < -0.39 is 0 Å². The number of anilines is 1. The van der Waals surface area contributed by atoms with Crippen molar-refractivity contribution >= 4 is 17.1 Å². The second-order valence-electron chi connectivity index (χ2n) is 6.57. The molecule has 24 heavy (non-hydrogen) atoms. The summed E-state index contributed by atoms with van der Waals surface area (Å²) < 4.78 is 5.52. The molecule has 2 aromatic heterocycles. The molecule has 0 aliphatic heterocycles. The van der Waals surface area contributed by atoms with Gasteiger partial charge in [0.25, 0.3) is 0 Å². The van der Waals surface area contributed by atoms with Gasteiger partial charge in [-0.05, 0) is 17.9 Å². The van der Waals surface area contributed by atoms with Crippen LogP contribution < -0.4 is 10.5 Å². The normalized spacial score (nSPS) is 11.7. The van der Waals surface area contributed by atoms with Crippen molar-refractivity contribution in [2.75, 3.05) is 12.3 Å². The fourth-order valence-electron chi connectivity index (χ4n) is 2.42. The van der Waals surface area contributed by atoms with Crippen molar-refractivity contribution in [1.29, 1.82) is 0 Å². The molecule has 3 rings (SSSR count). The Kier molecular flexibility index (Phi) is 4.05. The maximum Gasteiger partial charge on any atom is 0.247 e. The summed E-state index contributed by atoms with van der Waals surface area (Å²) >= 11 is 0. The first-order chi connectivity index (χ1) is 11.4. The zero-order chi connectivity index (χ0) is 17.3. The Morgan fingerprint density at radius 2 is 1.75 bits per heavy atom. The van der Waals surface area contributed by atoms with Gasteiger partial charge in [0.2, 0.25) is 11.8 Å². The minimum absolute atomic E-state index is 0.112. The lowest BCUT2D eigenvalue weighted by atomic mass is 9.86. The monoisotopic (exact) mass is 323 g/mol. The maximum absolute atomic E-state index is 5.69. The number of hydrogen-bond acceptors (Lipinski definition) is 6. The molecule has 0 aliphatic carbocycles. The van der Waals surface area contributed by atoms with Crippen molar-refractivity contribution in [1.82, 2.24) is 19.9 Å². The molecule has 6 nitrogen and oxygen atoms in total. The van der Waals surface area contributed by atoms with E-state index in [1.54, 1.807) is 6.20 Å². The predicted molar refractivity (Wildman–Crippen MR) is 94.8 cm³/mol. The fraction of sp³-hybridized carbons (Fsp3) is 0.333. The van der Waals surface area contributed by atoms with Crippen molar-refractivity contribution in [2.45, 2.75) is 33.1 Å². The number of nitrogens with zero attached hydrogens (tertiary/aromatic N) is 4. The Labute approximate surface area is 141 Å². The van der Waals surface area contributed by atoms with E-state index in [1.165, 1.54) is 5.56 Å². The Balaban J connectivity index is 2.07. The van der Waals surface area contributed by atoms with Crippen LogP contribution in [0.4, 0.5) is 5.95 Å². The van der Waals surface area contributed by atoms with Crippen LogP contribution in [0.3, 0.4) is 0 Å². The molecule has 1 aromatic carbocycles. The molecule has 0 radical (unpaired) electrons. The topological polar surface area (TPSA) is 86.8 Å². The maximum atomic E-state index is 5.69. The molecule has 0 atom stereocenters. The first-order valence-corrected chi connectivity index (χ1v) is 7.92. The molecule has 0 bridgehead atoms. The van der Waals surface area contributed by atoms with Crippen LogP contribution >= 0.6 is 0 Å². The zero-order valence-corrected chi connectivity index (χ0v) is 14.4. The molecule has 124 valence electrons. The molecule has 0 aliphatic rings. The highest BCUT2D eigenvalue weighted by atomic mass is 16.5. The summed E-state index contributed by atoms with van der Waals surface area (Å²) in [5, 5.41) is 0. The van der Waals surface area contributed by atoms with E-state index in [9.17, 15) is 0 Å². The van der Waals surface area contributed by atoms with E-state index in [0.29, 0.717) is 23.7 Å². The molecule has 2 heterocycles. The van der Waals surface area contributed by atoms with Crippen LogP contribution in [0.15, 0.2) is 30.5 Å². The minimum Gasteiger partial charge on any atom is -0.476 e. The third-order valence-electron chi connectivity index (χ3n) is 3.72. The fourth-order valence-corrected chi connectivity index (χ4v) is 2.42. The molecule has 6 heteroatoms. The minimum atomic E-state index is 0.112. The highest BCUT2D eigenvalue weighted by Gasteiger charge is 2.15. The van der Waals surface area contributed by atoms with Crippen LogP contribution in [0.1, 0.15) is 33.3 Å². The Bertz CT molecular complexity index is 869. The molecule has 0 amide bonds. The van der Waals surface area contributed by atoms with E-state index in [-0.39, 0.29) is 11.4 Å². The SMILES string of the molecule is CCOc1nc(N)nc2ncc(-c3ccc(C(C)(C)C)cc3)nc12. The standard InChI is InChI=1S/C18H21N5O/c1-5-24-16-14-15(22-17(19)23-16)20-10-13(21-14)11-6-8-12(9-7-11)18(2,3)4/h6-10H,5H2,1-4H3,(H2,19,20,22,23). The van der Waals surface area contributed by atoms with Crippen LogP contribution in [0.5, 0.6) is 5.88 Å². The van der Waals surface area contributed by atoms with Crippen LogP contribution in [0.25, 0.3) is 22.4 Å². The van der Waals surface area contributed by atoms with Crippen LogP contribution in [-0.4, -0.2) is 26.5 Å². The van der Waals surface area contributed by atoms with Gasteiger partial charge in [-0.15, -0.1) is 0 Å². The molecule has 0 fully saturated rings. The van der Waals surface area contributed by atoms with Crippen LogP contribution in [0.2, 0.25) is 0 Å². The van der Waals surface area contributed by atoms with Gasteiger partial charge in [-0.2, -0.15) is 9.97 Å². The molecule has 3 aromatic rings. The summed E-state index contributed by atoms with van der Waals surface area (Å²) in [6.45, 7) is 8.92. The Morgan fingerprint density at radius 1 is 1.04 bits per heavy atom. The number of nitrogen functional groups attached to an aromatic ring is 1. The molecular weight excluding hydrogens is 302 g/mol. The van der Waals surface area contributed by atoms with Gasteiger partial charge in [-0.1, -0.05) is 45.0 Å². The van der Waals surface area contributed by atoms with Gasteiger partial charge in [-0.3, -0.25) is 0 Å². The Hall–Kier alpha value is -2.76. The largest absolute Gasteiger partial charge is 0.476 e. The van der Waals surface area contributed by atoms with Gasteiger partial charge < -0.3 is 10.5 Å². The van der Waals surface area contributed by atoms with E-state index in [0.717, 1.165) is 11.3 Å². The summed E-state index contributed by atoms with van der Waals surface area (Å²) in [4.78, 5) is 17.2. The number of fused-ring (bicyclic) bond motifs is 1. The molecule has 0 saturated heterocycles. The van der Waals surface area contributed by atoms with Gasteiger partial charge in [0.1, 0.15) is 0 Å². The average Bonchev–Trinajstić information content (AvgIpc) is 2.54. The van der Waals surface area contributed by atoms with E-state index in [2.05, 4.69) is 65.0 Å². The number of hydrogen-bond donors (Lipinski definition) is 1. The molecule has 0 unspecified atom stereocenters. The summed E-state index contributed by atoms with van der Waals surface area (Å²) in [6, 6.07) is 8.33. The molecular formula is C18H21N5O. The lowest BCUT2D eigenvalue weighted by molar-refractivity contribution is 0.330. The second-order valence-corrected chi connectivity index (χ2v) is 6.57. The van der Waals surface area contributed by atoms with Gasteiger partial charge in [0.05, 0.1) is 18.5 Å². The quantitative estimate of drug-likeness (QED) is 0.795. The van der Waals surface area contributed by atoms with Crippen molar-refractivity contribution in [3.63, 3.8) is 0 Å². The van der Waals surface area contributed by atoms with E-state index in [4.69, 9.17) is 10.5 Å². The highest BCUT2D eigenvalue weighted by Crippen LogP contribution is 2.27. The van der Waals surface area contributed by atoms with E-state index >= 15 is 0 Å². The lowest BCUT2D eigenvalue weighted by Crippen LogP contribution is -2.10. The summed E-state index contributed by atoms with van der Waals surface area (Å²) in [7, 11) is 0. The first kappa shape index (κ1) is 16.1. The number of nitrogens with two attached hydrogens (primary N) is 1. The van der Waals surface area contributed by atoms with Crippen molar-refractivity contribution < 1.29 is 4.74 Å². The number of benzene rings is 1. The highest BCUT2D eigenvalue weighted by molar-refractivity contribution is 5.79. The summed E-state index contributed by atoms with van der Waals surface area (Å²) in [5.41, 5.74) is 9.75. The van der Waals surface area contributed by atoms with Gasteiger partial charge >= 0.3 is 0 Å². The van der Waals surface area contributed by atoms with Crippen molar-refractivity contribution in [3.8, 4) is 17.1 Å². The average molecular weight is 323 g/mol. The second kappa shape index (κ2) is 6.03. The third kappa shape index (κ3) is 3.13. The lowest BCUT2D eigenvalue weighted by Gasteiger charge is -2.19. The van der Waals surface area contributed by atoms with Gasteiger partial charge in [-0.25, -0.2) is 9.97 Å².